The number of nitrogens with zero attached hydrogens (tertiary/aromatic N) is 1. The molecule has 0 saturated heterocycles. The summed E-state index contributed by atoms with van der Waals surface area (Å²) >= 11 is 1.47. The third kappa shape index (κ3) is 3.63. The molecule has 1 aliphatic heterocycles. The van der Waals surface area contributed by atoms with Crippen molar-refractivity contribution in [3.05, 3.63) is 59.2 Å². The normalized spacial score (nSPS) is 14.8. The maximum absolute atomic E-state index is 12.4. The first-order valence-corrected chi connectivity index (χ1v) is 9.98. The molecule has 2 aliphatic rings. The summed E-state index contributed by atoms with van der Waals surface area (Å²) in [5.74, 6) is -0.287. The molecule has 1 amide bonds. The molecule has 1 heterocycles. The highest BCUT2D eigenvalue weighted by atomic mass is 32.2. The van der Waals surface area contributed by atoms with Crippen LogP contribution in [0.25, 0.3) is 0 Å². The van der Waals surface area contributed by atoms with E-state index < -0.39 is 0 Å². The van der Waals surface area contributed by atoms with Crippen molar-refractivity contribution in [3.63, 3.8) is 0 Å². The van der Waals surface area contributed by atoms with Crippen LogP contribution in [0.15, 0.2) is 47.4 Å². The molecule has 26 heavy (non-hydrogen) atoms. The van der Waals surface area contributed by atoms with Crippen LogP contribution in [0.4, 0.5) is 5.69 Å². The number of para-hydroxylation sites is 1. The van der Waals surface area contributed by atoms with Gasteiger partial charge in [-0.15, -0.1) is 11.8 Å². The monoisotopic (exact) mass is 367 g/mol. The molecule has 0 radical (unpaired) electrons. The van der Waals surface area contributed by atoms with Crippen molar-refractivity contribution in [3.8, 4) is 0 Å². The zero-order valence-electron chi connectivity index (χ0n) is 14.6. The fourth-order valence-electron chi connectivity index (χ4n) is 3.64. The van der Waals surface area contributed by atoms with Gasteiger partial charge in [0.25, 0.3) is 5.91 Å². The van der Waals surface area contributed by atoms with Crippen molar-refractivity contribution in [2.75, 3.05) is 23.8 Å². The highest BCUT2D eigenvalue weighted by Crippen LogP contribution is 2.28. The number of thioether (sulfide) groups is 1. The number of fused-ring (bicyclic) bond motifs is 2. The van der Waals surface area contributed by atoms with Crippen LogP contribution in [0.3, 0.4) is 0 Å². The van der Waals surface area contributed by atoms with E-state index in [1.165, 1.54) is 34.9 Å². The first-order chi connectivity index (χ1) is 12.7. The van der Waals surface area contributed by atoms with Gasteiger partial charge >= 0.3 is 5.97 Å². The molecule has 0 N–H and O–H groups in total. The second-order valence-corrected chi connectivity index (χ2v) is 7.71. The number of ether oxygens (including phenoxy) is 1. The second-order valence-electron chi connectivity index (χ2n) is 6.66. The van der Waals surface area contributed by atoms with Crippen LogP contribution in [0.5, 0.6) is 0 Å². The third-order valence-corrected chi connectivity index (χ3v) is 5.94. The van der Waals surface area contributed by atoms with E-state index in [1.807, 2.05) is 24.3 Å². The van der Waals surface area contributed by atoms with Crippen LogP contribution in [-0.4, -0.2) is 30.8 Å². The molecule has 0 bridgehead atoms. The molecule has 134 valence electrons. The van der Waals surface area contributed by atoms with Gasteiger partial charge in [-0.2, -0.15) is 0 Å². The molecule has 4 nitrogen and oxygen atoms in total. The summed E-state index contributed by atoms with van der Waals surface area (Å²) in [4.78, 5) is 27.1. The fraction of sp³-hybridized carbons (Fsp3) is 0.333. The lowest BCUT2D eigenvalue weighted by Crippen LogP contribution is -2.33. The molecule has 2 aromatic rings. The van der Waals surface area contributed by atoms with E-state index in [0.717, 1.165) is 29.8 Å². The molecule has 1 aliphatic carbocycles. The van der Waals surface area contributed by atoms with E-state index in [9.17, 15) is 9.59 Å². The molecule has 0 aromatic heterocycles. The Balaban J connectivity index is 1.26. The van der Waals surface area contributed by atoms with Gasteiger partial charge in [0.15, 0.2) is 6.61 Å². The summed E-state index contributed by atoms with van der Waals surface area (Å²) in [5, 5.41) is 0. The standard InChI is InChI=1S/C21H21NO3S/c23-20(22-11-10-16-4-1-2-7-19(16)22)13-25-21(24)14-26-18-9-8-15-5-3-6-17(15)12-18/h1-2,4,7-9,12H,3,5-6,10-11,13-14H2. The van der Waals surface area contributed by atoms with Gasteiger partial charge in [-0.1, -0.05) is 24.3 Å². The van der Waals surface area contributed by atoms with Gasteiger partial charge in [-0.3, -0.25) is 9.59 Å². The molecule has 0 spiro atoms. The predicted molar refractivity (Wildman–Crippen MR) is 103 cm³/mol. The van der Waals surface area contributed by atoms with Gasteiger partial charge in [0.1, 0.15) is 0 Å². The van der Waals surface area contributed by atoms with E-state index in [-0.39, 0.29) is 24.2 Å². The number of carbonyl (C=O) groups is 2. The summed E-state index contributed by atoms with van der Waals surface area (Å²) in [6.07, 6.45) is 4.35. The number of carbonyl (C=O) groups excluding carboxylic acids is 2. The number of hydrogen-bond acceptors (Lipinski definition) is 4. The quantitative estimate of drug-likeness (QED) is 0.600. The number of amides is 1. The number of benzene rings is 2. The molecule has 0 fully saturated rings. The molecular formula is C21H21NO3S. The maximum Gasteiger partial charge on any atom is 0.316 e. The van der Waals surface area contributed by atoms with E-state index in [4.69, 9.17) is 4.74 Å². The van der Waals surface area contributed by atoms with Crippen molar-refractivity contribution < 1.29 is 14.3 Å². The largest absolute Gasteiger partial charge is 0.455 e. The fourth-order valence-corrected chi connectivity index (χ4v) is 4.40. The van der Waals surface area contributed by atoms with Gasteiger partial charge in [-0.25, -0.2) is 0 Å². The van der Waals surface area contributed by atoms with Crippen LogP contribution in [0.2, 0.25) is 0 Å². The summed E-state index contributed by atoms with van der Waals surface area (Å²) in [6.45, 7) is 0.456. The lowest BCUT2D eigenvalue weighted by Gasteiger charge is -2.17. The van der Waals surface area contributed by atoms with E-state index >= 15 is 0 Å². The lowest BCUT2D eigenvalue weighted by atomic mass is 10.1. The Morgan fingerprint density at radius 2 is 1.85 bits per heavy atom. The minimum Gasteiger partial charge on any atom is -0.455 e. The number of hydrogen-bond donors (Lipinski definition) is 0. The Morgan fingerprint density at radius 3 is 2.77 bits per heavy atom. The van der Waals surface area contributed by atoms with Crippen molar-refractivity contribution in [2.45, 2.75) is 30.6 Å². The number of rotatable bonds is 5. The SMILES string of the molecule is O=C(CSc1ccc2c(c1)CCC2)OCC(=O)N1CCc2ccccc21. The topological polar surface area (TPSA) is 46.6 Å². The summed E-state index contributed by atoms with van der Waals surface area (Å²) in [6, 6.07) is 14.3. The average Bonchev–Trinajstić information content (AvgIpc) is 3.30. The van der Waals surface area contributed by atoms with Crippen molar-refractivity contribution >= 4 is 29.3 Å². The minimum absolute atomic E-state index is 0.161. The second kappa shape index (κ2) is 7.54. The van der Waals surface area contributed by atoms with Crippen molar-refractivity contribution in [1.82, 2.24) is 0 Å². The summed E-state index contributed by atoms with van der Waals surface area (Å²) < 4.78 is 5.19. The van der Waals surface area contributed by atoms with Gasteiger partial charge in [0.2, 0.25) is 0 Å². The maximum atomic E-state index is 12.4. The predicted octanol–water partition coefficient (Wildman–Crippen LogP) is 3.40. The molecule has 2 aromatic carbocycles. The summed E-state index contributed by atoms with van der Waals surface area (Å²) in [5.41, 5.74) is 4.92. The van der Waals surface area contributed by atoms with Crippen LogP contribution in [0, 0.1) is 0 Å². The van der Waals surface area contributed by atoms with Gasteiger partial charge in [-0.05, 0) is 60.6 Å². The number of anilines is 1. The van der Waals surface area contributed by atoms with Gasteiger partial charge < -0.3 is 9.64 Å². The van der Waals surface area contributed by atoms with E-state index in [0.29, 0.717) is 6.54 Å². The van der Waals surface area contributed by atoms with Crippen LogP contribution in [-0.2, 0) is 33.6 Å². The number of esters is 1. The minimum atomic E-state index is -0.351. The Labute approximate surface area is 157 Å². The van der Waals surface area contributed by atoms with E-state index in [1.54, 1.807) is 4.90 Å². The van der Waals surface area contributed by atoms with Crippen LogP contribution in [0.1, 0.15) is 23.1 Å². The average molecular weight is 367 g/mol. The first-order valence-electron chi connectivity index (χ1n) is 8.99. The first kappa shape index (κ1) is 17.2. The zero-order valence-corrected chi connectivity index (χ0v) is 15.4. The Hall–Kier alpha value is -2.27. The third-order valence-electron chi connectivity index (χ3n) is 4.97. The Bertz CT molecular complexity index is 849. The summed E-state index contributed by atoms with van der Waals surface area (Å²) in [7, 11) is 0. The van der Waals surface area contributed by atoms with E-state index in [2.05, 4.69) is 18.2 Å². The zero-order chi connectivity index (χ0) is 17.9. The molecule has 0 unspecified atom stereocenters. The number of aryl methyl sites for hydroxylation is 2. The Kier molecular flexibility index (Phi) is 4.98. The smallest absolute Gasteiger partial charge is 0.316 e. The highest BCUT2D eigenvalue weighted by molar-refractivity contribution is 8.00. The van der Waals surface area contributed by atoms with Crippen molar-refractivity contribution in [2.24, 2.45) is 0 Å². The highest BCUT2D eigenvalue weighted by Gasteiger charge is 2.24. The van der Waals surface area contributed by atoms with Crippen molar-refractivity contribution in [1.29, 1.82) is 0 Å². The molecule has 0 atom stereocenters. The Morgan fingerprint density at radius 1 is 1.00 bits per heavy atom. The molecule has 4 rings (SSSR count). The van der Waals surface area contributed by atoms with Gasteiger partial charge in [0, 0.05) is 17.1 Å². The van der Waals surface area contributed by atoms with Crippen LogP contribution < -0.4 is 4.90 Å². The molecule has 5 heteroatoms. The molecular weight excluding hydrogens is 346 g/mol. The van der Waals surface area contributed by atoms with Gasteiger partial charge in [0.05, 0.1) is 5.75 Å². The molecule has 0 saturated carbocycles. The van der Waals surface area contributed by atoms with Crippen LogP contribution >= 0.6 is 11.8 Å². The lowest BCUT2D eigenvalue weighted by molar-refractivity contribution is -0.145.